The maximum Gasteiger partial charge on any atom is 0.272 e. The van der Waals surface area contributed by atoms with E-state index in [4.69, 9.17) is 4.74 Å². The SMILES string of the molecule is CCCc1cc([N+](=O)[O-])cc(F)c1OCC(O)C1CC1. The second kappa shape index (κ2) is 6.17. The largest absolute Gasteiger partial charge is 0.488 e. The topological polar surface area (TPSA) is 72.6 Å². The number of ether oxygens (including phenoxy) is 1. The van der Waals surface area contributed by atoms with Gasteiger partial charge in [0, 0.05) is 11.6 Å². The van der Waals surface area contributed by atoms with Gasteiger partial charge >= 0.3 is 0 Å². The summed E-state index contributed by atoms with van der Waals surface area (Å²) in [5, 5.41) is 20.5. The number of aliphatic hydroxyl groups is 1. The van der Waals surface area contributed by atoms with E-state index in [9.17, 15) is 19.6 Å². The molecule has 1 unspecified atom stereocenters. The van der Waals surface area contributed by atoms with E-state index in [0.717, 1.165) is 25.3 Å². The summed E-state index contributed by atoms with van der Waals surface area (Å²) in [6.07, 6.45) is 2.55. The van der Waals surface area contributed by atoms with Crippen LogP contribution in [-0.4, -0.2) is 22.7 Å². The first-order chi connectivity index (χ1) is 9.52. The highest BCUT2D eigenvalue weighted by molar-refractivity contribution is 5.45. The van der Waals surface area contributed by atoms with Crippen molar-refractivity contribution in [2.45, 2.75) is 38.7 Å². The molecule has 5 nitrogen and oxygen atoms in total. The molecule has 0 spiro atoms. The minimum absolute atomic E-state index is 0.0239. The number of benzene rings is 1. The van der Waals surface area contributed by atoms with Crippen LogP contribution in [0.25, 0.3) is 0 Å². The maximum atomic E-state index is 14.0. The Morgan fingerprint density at radius 1 is 1.55 bits per heavy atom. The lowest BCUT2D eigenvalue weighted by Crippen LogP contribution is -2.20. The van der Waals surface area contributed by atoms with E-state index < -0.39 is 16.8 Å². The third-order valence-electron chi connectivity index (χ3n) is 3.40. The Kier molecular flexibility index (Phi) is 4.54. The smallest absolute Gasteiger partial charge is 0.272 e. The normalized spacial score (nSPS) is 15.9. The van der Waals surface area contributed by atoms with Crippen molar-refractivity contribution in [1.29, 1.82) is 0 Å². The van der Waals surface area contributed by atoms with E-state index in [-0.39, 0.29) is 24.0 Å². The predicted molar refractivity (Wildman–Crippen MR) is 71.3 cm³/mol. The molecule has 1 aromatic rings. The molecule has 1 aliphatic carbocycles. The van der Waals surface area contributed by atoms with E-state index in [2.05, 4.69) is 0 Å². The van der Waals surface area contributed by atoms with Crippen LogP contribution in [0.5, 0.6) is 5.75 Å². The van der Waals surface area contributed by atoms with E-state index in [0.29, 0.717) is 12.0 Å². The quantitative estimate of drug-likeness (QED) is 0.617. The lowest BCUT2D eigenvalue weighted by atomic mass is 10.1. The number of rotatable bonds is 7. The fourth-order valence-corrected chi connectivity index (χ4v) is 2.14. The lowest BCUT2D eigenvalue weighted by Gasteiger charge is -2.15. The second-order valence-electron chi connectivity index (χ2n) is 5.14. The molecule has 2 rings (SSSR count). The molecular formula is C14H18FNO4. The van der Waals surface area contributed by atoms with Crippen molar-refractivity contribution in [2.75, 3.05) is 6.61 Å². The summed E-state index contributed by atoms with van der Waals surface area (Å²) in [4.78, 5) is 10.1. The summed E-state index contributed by atoms with van der Waals surface area (Å²) in [6.45, 7) is 1.93. The molecule has 0 heterocycles. The molecule has 1 fully saturated rings. The average molecular weight is 283 g/mol. The average Bonchev–Trinajstić information content (AvgIpc) is 3.21. The summed E-state index contributed by atoms with van der Waals surface area (Å²) in [7, 11) is 0. The minimum atomic E-state index is -0.745. The number of hydrogen-bond donors (Lipinski definition) is 1. The highest BCUT2D eigenvalue weighted by atomic mass is 19.1. The maximum absolute atomic E-state index is 14.0. The number of hydrogen-bond acceptors (Lipinski definition) is 4. The van der Waals surface area contributed by atoms with Gasteiger partial charge in [0.2, 0.25) is 0 Å². The van der Waals surface area contributed by atoms with Gasteiger partial charge in [-0.25, -0.2) is 4.39 Å². The van der Waals surface area contributed by atoms with E-state index in [1.54, 1.807) is 0 Å². The molecule has 6 heteroatoms. The van der Waals surface area contributed by atoms with Crippen molar-refractivity contribution >= 4 is 5.69 Å². The fraction of sp³-hybridized carbons (Fsp3) is 0.571. The molecular weight excluding hydrogens is 265 g/mol. The van der Waals surface area contributed by atoms with Crippen molar-refractivity contribution in [3.8, 4) is 5.75 Å². The van der Waals surface area contributed by atoms with Crippen molar-refractivity contribution < 1.29 is 19.2 Å². The zero-order valence-electron chi connectivity index (χ0n) is 11.3. The zero-order chi connectivity index (χ0) is 14.7. The van der Waals surface area contributed by atoms with Crippen LogP contribution in [0, 0.1) is 21.8 Å². The van der Waals surface area contributed by atoms with Crippen molar-refractivity contribution in [3.63, 3.8) is 0 Å². The first-order valence-corrected chi connectivity index (χ1v) is 6.80. The molecule has 0 bridgehead atoms. The molecule has 0 amide bonds. The Bertz CT molecular complexity index is 502. The summed E-state index contributed by atoms with van der Waals surface area (Å²) in [5.74, 6) is -0.478. The van der Waals surface area contributed by atoms with Crippen LogP contribution >= 0.6 is 0 Å². The highest BCUT2D eigenvalue weighted by Crippen LogP contribution is 2.34. The van der Waals surface area contributed by atoms with Gasteiger partial charge in [-0.1, -0.05) is 13.3 Å². The second-order valence-corrected chi connectivity index (χ2v) is 5.14. The van der Waals surface area contributed by atoms with Gasteiger partial charge in [0.1, 0.15) is 6.61 Å². The van der Waals surface area contributed by atoms with Gasteiger partial charge < -0.3 is 9.84 Å². The molecule has 20 heavy (non-hydrogen) atoms. The predicted octanol–water partition coefficient (Wildman–Crippen LogP) is 2.84. The number of aliphatic hydroxyl groups excluding tert-OH is 1. The van der Waals surface area contributed by atoms with Crippen molar-refractivity contribution in [2.24, 2.45) is 5.92 Å². The van der Waals surface area contributed by atoms with Gasteiger partial charge in [0.25, 0.3) is 5.69 Å². The Morgan fingerprint density at radius 3 is 2.80 bits per heavy atom. The lowest BCUT2D eigenvalue weighted by molar-refractivity contribution is -0.385. The van der Waals surface area contributed by atoms with Crippen LogP contribution in [-0.2, 0) is 6.42 Å². The molecule has 0 aliphatic heterocycles. The molecule has 1 saturated carbocycles. The molecule has 1 atom stereocenters. The molecule has 0 saturated heterocycles. The third-order valence-corrected chi connectivity index (χ3v) is 3.40. The van der Waals surface area contributed by atoms with E-state index >= 15 is 0 Å². The standard InChI is InChI=1S/C14H18FNO4/c1-2-3-10-6-11(16(18)19)7-12(15)14(10)20-8-13(17)9-4-5-9/h6-7,9,13,17H,2-5,8H2,1H3. The van der Waals surface area contributed by atoms with Crippen LogP contribution < -0.4 is 4.74 Å². The van der Waals surface area contributed by atoms with Gasteiger partial charge in [0.15, 0.2) is 11.6 Å². The van der Waals surface area contributed by atoms with Gasteiger partial charge in [-0.15, -0.1) is 0 Å². The van der Waals surface area contributed by atoms with Crippen LogP contribution in [0.2, 0.25) is 0 Å². The molecule has 1 N–H and O–H groups in total. The number of non-ortho nitro benzene ring substituents is 1. The Labute approximate surface area is 116 Å². The van der Waals surface area contributed by atoms with Gasteiger partial charge in [-0.3, -0.25) is 10.1 Å². The molecule has 1 aromatic carbocycles. The van der Waals surface area contributed by atoms with Crippen molar-refractivity contribution in [3.05, 3.63) is 33.6 Å². The summed E-state index contributed by atoms with van der Waals surface area (Å²) >= 11 is 0. The first kappa shape index (κ1) is 14.7. The Balaban J connectivity index is 2.18. The van der Waals surface area contributed by atoms with E-state index in [1.807, 2.05) is 6.92 Å². The number of nitro groups is 1. The number of aryl methyl sites for hydroxylation is 1. The molecule has 1 aliphatic rings. The molecule has 110 valence electrons. The molecule has 0 radical (unpaired) electrons. The monoisotopic (exact) mass is 283 g/mol. The summed E-state index contributed by atoms with van der Waals surface area (Å²) in [5.41, 5.74) is 0.197. The van der Waals surface area contributed by atoms with Crippen LogP contribution in [0.4, 0.5) is 10.1 Å². The minimum Gasteiger partial charge on any atom is -0.488 e. The third kappa shape index (κ3) is 3.45. The molecule has 0 aromatic heterocycles. The van der Waals surface area contributed by atoms with Gasteiger partial charge in [-0.2, -0.15) is 0 Å². The van der Waals surface area contributed by atoms with Crippen LogP contribution in [0.3, 0.4) is 0 Å². The number of nitro benzene ring substituents is 1. The highest BCUT2D eigenvalue weighted by Gasteiger charge is 2.30. The number of halogens is 1. The zero-order valence-corrected chi connectivity index (χ0v) is 11.3. The van der Waals surface area contributed by atoms with Crippen LogP contribution in [0.1, 0.15) is 31.7 Å². The summed E-state index contributed by atoms with van der Waals surface area (Å²) in [6, 6.07) is 2.20. The Hall–Kier alpha value is -1.69. The van der Waals surface area contributed by atoms with Crippen LogP contribution in [0.15, 0.2) is 12.1 Å². The van der Waals surface area contributed by atoms with Crippen molar-refractivity contribution in [1.82, 2.24) is 0 Å². The number of nitrogens with zero attached hydrogens (tertiary/aromatic N) is 1. The fourth-order valence-electron chi connectivity index (χ4n) is 2.14. The Morgan fingerprint density at radius 2 is 2.25 bits per heavy atom. The van der Waals surface area contributed by atoms with Gasteiger partial charge in [0.05, 0.1) is 17.1 Å². The summed E-state index contributed by atoms with van der Waals surface area (Å²) < 4.78 is 19.3. The first-order valence-electron chi connectivity index (χ1n) is 6.80. The van der Waals surface area contributed by atoms with E-state index in [1.165, 1.54) is 6.07 Å². The van der Waals surface area contributed by atoms with Gasteiger partial charge in [-0.05, 0) is 25.2 Å².